The van der Waals surface area contributed by atoms with Crippen molar-refractivity contribution in [1.82, 2.24) is 0 Å². The Kier molecular flexibility index (Phi) is 3.50. The van der Waals surface area contributed by atoms with Gasteiger partial charge in [-0.2, -0.15) is 0 Å². The number of nitrogens with two attached hydrogens (primary N) is 1. The highest BCUT2D eigenvalue weighted by Crippen LogP contribution is 1.97. The van der Waals surface area contributed by atoms with Crippen LogP contribution in [0.15, 0.2) is 11.5 Å². The number of amidine groups is 1. The summed E-state index contributed by atoms with van der Waals surface area (Å²) in [5, 5.41) is 8.59. The molecule has 3 heteroatoms. The van der Waals surface area contributed by atoms with Gasteiger partial charge < -0.3 is 5.73 Å². The van der Waals surface area contributed by atoms with Gasteiger partial charge in [-0.1, -0.05) is 17.8 Å². The van der Waals surface area contributed by atoms with Crippen LogP contribution in [0, 0.1) is 5.41 Å². The highest BCUT2D eigenvalue weighted by Gasteiger charge is 1.77. The average Bonchev–Trinajstić information content (AvgIpc) is 1.61. The zero-order valence-corrected chi connectivity index (χ0v) is 4.96. The van der Waals surface area contributed by atoms with Crippen molar-refractivity contribution in [2.45, 2.75) is 6.92 Å². The second-order valence-corrected chi connectivity index (χ2v) is 1.90. The summed E-state index contributed by atoms with van der Waals surface area (Å²) in [7, 11) is 0. The van der Waals surface area contributed by atoms with Crippen molar-refractivity contribution in [3.63, 3.8) is 0 Å². The molecule has 0 radical (unpaired) electrons. The van der Waals surface area contributed by atoms with Crippen LogP contribution in [0.2, 0.25) is 0 Å². The molecule has 3 N–H and O–H groups in total. The van der Waals surface area contributed by atoms with Crippen molar-refractivity contribution in [3.05, 3.63) is 11.5 Å². The normalized spacial score (nSPS) is 9.86. The van der Waals surface area contributed by atoms with E-state index in [9.17, 15) is 0 Å². The van der Waals surface area contributed by atoms with Gasteiger partial charge in [0.15, 0.2) is 5.17 Å². The minimum absolute atomic E-state index is 0. The largest absolute Gasteiger partial charge is 0.378 e. The Balaban J connectivity index is 0. The van der Waals surface area contributed by atoms with Crippen LogP contribution in [0.4, 0.5) is 0 Å². The molecule has 0 saturated heterocycles. The number of nitrogens with one attached hydrogen (secondary N) is 1. The Morgan fingerprint density at radius 1 is 2.00 bits per heavy atom. The summed E-state index contributed by atoms with van der Waals surface area (Å²) in [6.07, 6.45) is 1.84. The van der Waals surface area contributed by atoms with Gasteiger partial charge in [-0.3, -0.25) is 5.41 Å². The van der Waals surface area contributed by atoms with Crippen LogP contribution in [0.25, 0.3) is 0 Å². The van der Waals surface area contributed by atoms with Crippen LogP contribution >= 0.6 is 11.8 Å². The van der Waals surface area contributed by atoms with Crippen LogP contribution in [-0.4, -0.2) is 5.17 Å². The molecule has 2 nitrogen and oxygen atoms in total. The van der Waals surface area contributed by atoms with E-state index in [0.29, 0.717) is 0 Å². The summed E-state index contributed by atoms with van der Waals surface area (Å²) in [5.74, 6) is 0. The summed E-state index contributed by atoms with van der Waals surface area (Å²) in [6, 6.07) is 0. The fourth-order valence-corrected chi connectivity index (χ4v) is 0.424. The molecule has 0 spiro atoms. The van der Waals surface area contributed by atoms with Crippen LogP contribution in [0.1, 0.15) is 8.35 Å². The van der Waals surface area contributed by atoms with Crippen molar-refractivity contribution in [1.29, 1.82) is 5.41 Å². The summed E-state index contributed by atoms with van der Waals surface area (Å²) < 4.78 is 0. The molecule has 0 aliphatic rings. The number of thioether (sulfide) groups is 1. The predicted molar refractivity (Wildman–Crippen MR) is 36.4 cm³/mol. The number of hydrogen-bond acceptors (Lipinski definition) is 2. The minimum atomic E-state index is 0. The summed E-state index contributed by atoms with van der Waals surface area (Å²) in [6.45, 7) is 1.88. The number of allylic oxidation sites excluding steroid dienone is 1. The van der Waals surface area contributed by atoms with Gasteiger partial charge in [-0.25, -0.2) is 0 Å². The molecule has 0 aromatic rings. The van der Waals surface area contributed by atoms with Gasteiger partial charge in [0.1, 0.15) is 0 Å². The molecule has 0 aromatic carbocycles. The van der Waals surface area contributed by atoms with Crippen LogP contribution in [0.5, 0.6) is 0 Å². The highest BCUT2D eigenvalue weighted by molar-refractivity contribution is 8.16. The molecule has 7 heavy (non-hydrogen) atoms. The average molecular weight is 118 g/mol. The maximum Gasteiger partial charge on any atom is 0.155 e. The third-order valence-electron chi connectivity index (χ3n) is 0.331. The van der Waals surface area contributed by atoms with Gasteiger partial charge in [0.2, 0.25) is 0 Å². The first-order chi connectivity index (χ1) is 3.27. The van der Waals surface area contributed by atoms with Gasteiger partial charge in [-0.15, -0.1) is 0 Å². The van der Waals surface area contributed by atoms with Crippen LogP contribution in [0.3, 0.4) is 0 Å². The van der Waals surface area contributed by atoms with Crippen molar-refractivity contribution >= 4 is 16.9 Å². The first-order valence-electron chi connectivity index (χ1n) is 1.89. The molecule has 0 unspecified atom stereocenters. The van der Waals surface area contributed by atoms with Gasteiger partial charge in [-0.05, 0) is 12.3 Å². The molecule has 0 rings (SSSR count). The van der Waals surface area contributed by atoms with E-state index in [-0.39, 0.29) is 6.59 Å². The molecular weight excluding hydrogens is 108 g/mol. The van der Waals surface area contributed by atoms with Gasteiger partial charge >= 0.3 is 0 Å². The zero-order valence-electron chi connectivity index (χ0n) is 4.14. The SMILES string of the molecule is C/C=C/SC(=N)N.[HH]. The first kappa shape index (κ1) is 6.56. The van der Waals surface area contributed by atoms with E-state index in [2.05, 4.69) is 0 Å². The number of hydrogen-bond donors (Lipinski definition) is 2. The maximum absolute atomic E-state index is 6.69. The molecule has 0 heterocycles. The molecule has 42 valence electrons. The monoisotopic (exact) mass is 118 g/mol. The van der Waals surface area contributed by atoms with E-state index in [4.69, 9.17) is 11.1 Å². The smallest absolute Gasteiger partial charge is 0.155 e. The Labute approximate surface area is 48.8 Å². The standard InChI is InChI=1S/C4H8N2S.H2/c1-2-3-7-4(5)6;/h2-3H,1H3,(H3,5,6);1H/b3-2+;. The molecule has 0 atom stereocenters. The van der Waals surface area contributed by atoms with Crippen molar-refractivity contribution < 1.29 is 1.43 Å². The van der Waals surface area contributed by atoms with Crippen molar-refractivity contribution in [2.75, 3.05) is 0 Å². The predicted octanol–water partition coefficient (Wildman–Crippen LogP) is 1.39. The molecule has 0 amide bonds. The van der Waals surface area contributed by atoms with Gasteiger partial charge in [0, 0.05) is 1.43 Å². The third kappa shape index (κ3) is 5.56. The summed E-state index contributed by atoms with van der Waals surface area (Å²) in [5.41, 5.74) is 4.97. The second kappa shape index (κ2) is 3.74. The quantitative estimate of drug-likeness (QED) is 0.404. The molecule has 0 aliphatic heterocycles. The van der Waals surface area contributed by atoms with Gasteiger partial charge in [0.25, 0.3) is 0 Å². The fraction of sp³-hybridized carbons (Fsp3) is 0.250. The molecule has 0 bridgehead atoms. The minimum Gasteiger partial charge on any atom is -0.378 e. The van der Waals surface area contributed by atoms with E-state index in [0.717, 1.165) is 0 Å². The fourth-order valence-electron chi connectivity index (χ4n) is 0.141. The Morgan fingerprint density at radius 3 is 2.71 bits per heavy atom. The lowest BCUT2D eigenvalue weighted by atomic mass is 10.8. The second-order valence-electron chi connectivity index (χ2n) is 0.952. The van der Waals surface area contributed by atoms with Gasteiger partial charge in [0.05, 0.1) is 0 Å². The first-order valence-corrected chi connectivity index (χ1v) is 2.77. The van der Waals surface area contributed by atoms with E-state index in [1.165, 1.54) is 11.8 Å². The molecule has 0 saturated carbocycles. The lowest BCUT2D eigenvalue weighted by Gasteiger charge is -1.82. The lowest BCUT2D eigenvalue weighted by Crippen LogP contribution is -2.00. The molecule has 0 fully saturated rings. The molecule has 0 aromatic heterocycles. The van der Waals surface area contributed by atoms with Crippen LogP contribution < -0.4 is 5.73 Å². The molecular formula is C4H10N2S. The highest BCUT2D eigenvalue weighted by atomic mass is 32.2. The topological polar surface area (TPSA) is 49.9 Å². The van der Waals surface area contributed by atoms with Crippen molar-refractivity contribution in [3.8, 4) is 0 Å². The summed E-state index contributed by atoms with van der Waals surface area (Å²) in [4.78, 5) is 0. The van der Waals surface area contributed by atoms with Crippen LogP contribution in [-0.2, 0) is 0 Å². The third-order valence-corrected chi connectivity index (χ3v) is 0.993. The van der Waals surface area contributed by atoms with Crippen molar-refractivity contribution in [2.24, 2.45) is 5.73 Å². The Bertz CT molecular complexity index is 92.0. The lowest BCUT2D eigenvalue weighted by molar-refractivity contribution is 1.51. The molecule has 0 aliphatic carbocycles. The van der Waals surface area contributed by atoms with E-state index >= 15 is 0 Å². The zero-order chi connectivity index (χ0) is 5.70. The maximum atomic E-state index is 6.69. The van der Waals surface area contributed by atoms with E-state index in [1.807, 2.05) is 13.0 Å². The Hall–Kier alpha value is -0.440. The van der Waals surface area contributed by atoms with E-state index < -0.39 is 0 Å². The number of rotatable bonds is 1. The van der Waals surface area contributed by atoms with E-state index in [1.54, 1.807) is 5.41 Å². The summed E-state index contributed by atoms with van der Waals surface area (Å²) >= 11 is 1.21. The Morgan fingerprint density at radius 2 is 2.57 bits per heavy atom.